The molecule has 10 heteroatoms. The molecule has 0 bridgehead atoms. The average molecular weight is 573 g/mol. The van der Waals surface area contributed by atoms with Gasteiger partial charge in [0.2, 0.25) is 0 Å². The Morgan fingerprint density at radius 1 is 1.19 bits per heavy atom. The van der Waals surface area contributed by atoms with Crippen molar-refractivity contribution in [2.24, 2.45) is 11.8 Å². The van der Waals surface area contributed by atoms with Crippen LogP contribution in [-0.4, -0.2) is 78.6 Å². The highest BCUT2D eigenvalue weighted by atomic mass is 35.5. The summed E-state index contributed by atoms with van der Waals surface area (Å²) < 4.78 is 16.8. The van der Waals surface area contributed by atoms with E-state index in [1.54, 1.807) is 18.2 Å². The first-order chi connectivity index (χ1) is 17.9. The first kappa shape index (κ1) is 28.6. The minimum atomic E-state index is -0.524. The van der Waals surface area contributed by atoms with Gasteiger partial charge in [-0.25, -0.2) is 4.79 Å². The van der Waals surface area contributed by atoms with Gasteiger partial charge in [-0.05, 0) is 67.5 Å². The van der Waals surface area contributed by atoms with E-state index in [0.717, 1.165) is 57.0 Å². The lowest BCUT2D eigenvalue weighted by molar-refractivity contribution is 0.0197. The molecule has 1 saturated carbocycles. The lowest BCUT2D eigenvalue weighted by Gasteiger charge is -2.26. The number of alkyl halides is 1. The van der Waals surface area contributed by atoms with Gasteiger partial charge in [0, 0.05) is 40.8 Å². The van der Waals surface area contributed by atoms with Crippen molar-refractivity contribution in [2.45, 2.75) is 43.8 Å². The number of aliphatic hydroxyl groups excluding tert-OH is 2. The van der Waals surface area contributed by atoms with Gasteiger partial charge in [0.25, 0.3) is 0 Å². The number of ether oxygens (including phenoxy) is 3. The molecule has 37 heavy (non-hydrogen) atoms. The van der Waals surface area contributed by atoms with Gasteiger partial charge in [-0.15, -0.1) is 22.9 Å². The van der Waals surface area contributed by atoms with Crippen LogP contribution in [0.1, 0.15) is 39.4 Å². The van der Waals surface area contributed by atoms with E-state index < -0.39 is 6.10 Å². The first-order valence-electron chi connectivity index (χ1n) is 12.8. The fourth-order valence-corrected chi connectivity index (χ4v) is 6.73. The molecule has 1 aromatic carbocycles. The molecular weight excluding hydrogens is 537 g/mol. The third kappa shape index (κ3) is 8.30. The molecule has 1 aliphatic heterocycles. The number of rotatable bonds is 12. The number of thiophene rings is 1. The van der Waals surface area contributed by atoms with E-state index in [9.17, 15) is 15.0 Å². The SMILES string of the molecule is O=C(OCCN1CCOCC1)c1ccc(CCC[C@@H]2[C@@H](COc3cc(Cl)cc(CO)c3)[C@H](O)C[C@H]2Cl)s1. The van der Waals surface area contributed by atoms with E-state index >= 15 is 0 Å². The molecular formula is C27H35Cl2NO6S. The van der Waals surface area contributed by atoms with Gasteiger partial charge < -0.3 is 24.4 Å². The van der Waals surface area contributed by atoms with Crippen LogP contribution < -0.4 is 4.74 Å². The van der Waals surface area contributed by atoms with Crippen LogP contribution in [0.15, 0.2) is 30.3 Å². The van der Waals surface area contributed by atoms with Crippen molar-refractivity contribution >= 4 is 40.5 Å². The fourth-order valence-electron chi connectivity index (χ4n) is 5.05. The Kier molecular flexibility index (Phi) is 10.9. The van der Waals surface area contributed by atoms with Crippen LogP contribution in [0, 0.1) is 11.8 Å². The predicted molar refractivity (Wildman–Crippen MR) is 145 cm³/mol. The van der Waals surface area contributed by atoms with Crippen LogP contribution in [-0.2, 0) is 22.5 Å². The lowest BCUT2D eigenvalue weighted by atomic mass is 9.90. The Morgan fingerprint density at radius 2 is 2.00 bits per heavy atom. The van der Waals surface area contributed by atoms with Crippen LogP contribution >= 0.6 is 34.5 Å². The number of aliphatic hydroxyl groups is 2. The van der Waals surface area contributed by atoms with E-state index in [4.69, 9.17) is 37.4 Å². The highest BCUT2D eigenvalue weighted by Crippen LogP contribution is 2.40. The van der Waals surface area contributed by atoms with Crippen molar-refractivity contribution in [1.82, 2.24) is 4.90 Å². The van der Waals surface area contributed by atoms with Crippen LogP contribution in [0.3, 0.4) is 0 Å². The van der Waals surface area contributed by atoms with E-state index in [1.807, 2.05) is 12.1 Å². The summed E-state index contributed by atoms with van der Waals surface area (Å²) in [5, 5.41) is 20.4. The number of halogens is 2. The Morgan fingerprint density at radius 3 is 2.78 bits per heavy atom. The molecule has 4 atom stereocenters. The number of morpholine rings is 1. The molecule has 1 aliphatic carbocycles. The second-order valence-corrected chi connectivity index (χ2v) is 11.8. The summed E-state index contributed by atoms with van der Waals surface area (Å²) in [6.07, 6.45) is 2.61. The van der Waals surface area contributed by atoms with Gasteiger partial charge >= 0.3 is 5.97 Å². The topological polar surface area (TPSA) is 88.5 Å². The number of hydrogen-bond acceptors (Lipinski definition) is 8. The van der Waals surface area contributed by atoms with Crippen molar-refractivity contribution < 1.29 is 29.2 Å². The van der Waals surface area contributed by atoms with E-state index in [1.165, 1.54) is 11.3 Å². The quantitative estimate of drug-likeness (QED) is 0.288. The lowest BCUT2D eigenvalue weighted by Crippen LogP contribution is -2.38. The number of carbonyl (C=O) groups is 1. The monoisotopic (exact) mass is 571 g/mol. The third-order valence-corrected chi connectivity index (χ3v) is 8.94. The largest absolute Gasteiger partial charge is 0.493 e. The van der Waals surface area contributed by atoms with Gasteiger partial charge in [0.15, 0.2) is 0 Å². The zero-order valence-corrected chi connectivity index (χ0v) is 23.1. The molecule has 1 saturated heterocycles. The summed E-state index contributed by atoms with van der Waals surface area (Å²) in [6.45, 7) is 4.53. The Bertz CT molecular complexity index is 1010. The van der Waals surface area contributed by atoms with E-state index in [0.29, 0.717) is 40.8 Å². The van der Waals surface area contributed by atoms with Gasteiger partial charge in [-0.3, -0.25) is 4.90 Å². The fraction of sp³-hybridized carbons (Fsp3) is 0.593. The van der Waals surface area contributed by atoms with Gasteiger partial charge in [0.05, 0.1) is 32.5 Å². The van der Waals surface area contributed by atoms with Crippen LogP contribution in [0.25, 0.3) is 0 Å². The highest BCUT2D eigenvalue weighted by molar-refractivity contribution is 7.13. The zero-order valence-electron chi connectivity index (χ0n) is 20.8. The highest BCUT2D eigenvalue weighted by Gasteiger charge is 2.41. The molecule has 7 nitrogen and oxygen atoms in total. The molecule has 2 N–H and O–H groups in total. The van der Waals surface area contributed by atoms with Crippen molar-refractivity contribution in [3.63, 3.8) is 0 Å². The molecule has 204 valence electrons. The second kappa shape index (κ2) is 14.1. The Labute approximate surface area is 232 Å². The molecule has 4 rings (SSSR count). The van der Waals surface area contributed by atoms with E-state index in [2.05, 4.69) is 4.90 Å². The molecule has 1 aromatic heterocycles. The molecule has 2 heterocycles. The molecule has 0 radical (unpaired) electrons. The van der Waals surface area contributed by atoms with Gasteiger partial charge in [0.1, 0.15) is 17.2 Å². The summed E-state index contributed by atoms with van der Waals surface area (Å²) in [7, 11) is 0. The number of nitrogens with zero attached hydrogens (tertiary/aromatic N) is 1. The van der Waals surface area contributed by atoms with Crippen molar-refractivity contribution in [2.75, 3.05) is 46.1 Å². The molecule has 0 amide bonds. The summed E-state index contributed by atoms with van der Waals surface area (Å²) >= 11 is 14.2. The number of benzene rings is 1. The maximum Gasteiger partial charge on any atom is 0.348 e. The number of aryl methyl sites for hydroxylation is 1. The predicted octanol–water partition coefficient (Wildman–Crippen LogP) is 4.39. The Balaban J connectivity index is 1.22. The summed E-state index contributed by atoms with van der Waals surface area (Å²) in [5.41, 5.74) is 0.678. The summed E-state index contributed by atoms with van der Waals surface area (Å²) in [4.78, 5) is 16.4. The van der Waals surface area contributed by atoms with Crippen LogP contribution in [0.4, 0.5) is 0 Å². The first-order valence-corrected chi connectivity index (χ1v) is 14.5. The summed E-state index contributed by atoms with van der Waals surface area (Å²) in [6, 6.07) is 8.98. The van der Waals surface area contributed by atoms with Crippen molar-refractivity contribution in [3.8, 4) is 5.75 Å². The third-order valence-electron chi connectivity index (χ3n) is 7.10. The van der Waals surface area contributed by atoms with Crippen LogP contribution in [0.2, 0.25) is 5.02 Å². The molecule has 2 fully saturated rings. The normalized spacial score (nSPS) is 24.3. The standard InChI is InChI=1S/C27H35Cl2NO6S/c28-19-12-18(16-31)13-20(14-19)36-17-23-22(24(29)15-25(23)32)3-1-2-21-4-5-26(37-21)27(33)35-11-8-30-6-9-34-10-7-30/h4-5,12-14,22-25,31-32H,1-3,6-11,15-17H2/t22-,23-,24-,25-/m1/s1. The number of hydrogen-bond donors (Lipinski definition) is 2. The molecule has 0 spiro atoms. The van der Waals surface area contributed by atoms with Gasteiger partial charge in [-0.1, -0.05) is 11.6 Å². The van der Waals surface area contributed by atoms with E-state index in [-0.39, 0.29) is 29.8 Å². The second-order valence-electron chi connectivity index (χ2n) is 9.66. The number of carbonyl (C=O) groups excluding carboxylic acids is 1. The maximum absolute atomic E-state index is 12.4. The molecule has 2 aromatic rings. The van der Waals surface area contributed by atoms with Crippen LogP contribution in [0.5, 0.6) is 5.75 Å². The molecule has 0 unspecified atom stereocenters. The van der Waals surface area contributed by atoms with Gasteiger partial charge in [-0.2, -0.15) is 0 Å². The zero-order chi connectivity index (χ0) is 26.2. The summed E-state index contributed by atoms with van der Waals surface area (Å²) in [5.74, 6) is 0.340. The average Bonchev–Trinajstić information content (AvgIpc) is 3.47. The van der Waals surface area contributed by atoms with Crippen molar-refractivity contribution in [1.29, 1.82) is 0 Å². The minimum absolute atomic E-state index is 0.0839. The van der Waals surface area contributed by atoms with Crippen molar-refractivity contribution in [3.05, 3.63) is 50.7 Å². The Hall–Kier alpha value is -1.39. The maximum atomic E-state index is 12.4. The molecule has 2 aliphatic rings. The minimum Gasteiger partial charge on any atom is -0.493 e. The smallest absolute Gasteiger partial charge is 0.348 e. The number of esters is 1.